The molecular weight excluding hydrogens is 510 g/mol. The fourth-order valence-electron chi connectivity index (χ4n) is 3.17. The van der Waals surface area contributed by atoms with Crippen LogP contribution in [0.1, 0.15) is 0 Å². The van der Waals surface area contributed by atoms with Crippen molar-refractivity contribution in [3.63, 3.8) is 0 Å². The van der Waals surface area contributed by atoms with Gasteiger partial charge < -0.3 is 10.5 Å². The zero-order valence-electron chi connectivity index (χ0n) is 17.3. The number of nitrogens with two attached hydrogens (primary N) is 1. The molecule has 0 radical (unpaired) electrons. The van der Waals surface area contributed by atoms with Gasteiger partial charge >= 0.3 is 5.97 Å². The van der Waals surface area contributed by atoms with Gasteiger partial charge in [0.25, 0.3) is 10.0 Å². The van der Waals surface area contributed by atoms with Crippen molar-refractivity contribution in [1.29, 1.82) is 0 Å². The molecule has 2 heterocycles. The number of nitrogen functional groups attached to an aromatic ring is 1. The number of carbonyl (C=O) groups excluding carboxylic acids is 1. The molecule has 2 aromatic heterocycles. The zero-order valence-corrected chi connectivity index (χ0v) is 19.6. The maximum Gasteiger partial charge on any atom is 0.327 e. The number of rotatable bonds is 6. The third kappa shape index (κ3) is 4.34. The van der Waals surface area contributed by atoms with Crippen LogP contribution in [-0.2, 0) is 26.1 Å². The van der Waals surface area contributed by atoms with Crippen LogP contribution in [0.15, 0.2) is 47.6 Å². The summed E-state index contributed by atoms with van der Waals surface area (Å²) in [5.74, 6) is -1.41. The van der Waals surface area contributed by atoms with Gasteiger partial charge in [-0.3, -0.25) is 9.52 Å². The van der Waals surface area contributed by atoms with E-state index in [9.17, 15) is 17.6 Å². The lowest BCUT2D eigenvalue weighted by molar-refractivity contribution is -0.141. The van der Waals surface area contributed by atoms with Gasteiger partial charge in [-0.1, -0.05) is 35.3 Å². The van der Waals surface area contributed by atoms with Crippen molar-refractivity contribution in [2.24, 2.45) is 0 Å². The van der Waals surface area contributed by atoms with Crippen LogP contribution >= 0.6 is 23.2 Å². The number of esters is 1. The molecule has 2 aromatic carbocycles. The third-order valence-corrected chi connectivity index (χ3v) is 7.10. The number of nitrogens with one attached hydrogen (secondary N) is 1. The molecule has 0 aliphatic carbocycles. The third-order valence-electron chi connectivity index (χ3n) is 4.76. The van der Waals surface area contributed by atoms with Gasteiger partial charge in [0.1, 0.15) is 35.1 Å². The predicted octanol–water partition coefficient (Wildman–Crippen LogP) is 3.50. The number of aromatic nitrogens is 4. The van der Waals surface area contributed by atoms with Crippen molar-refractivity contribution in [2.45, 2.75) is 11.4 Å². The first-order chi connectivity index (χ1) is 16.1. The Morgan fingerprint density at radius 2 is 2.00 bits per heavy atom. The van der Waals surface area contributed by atoms with E-state index in [1.165, 1.54) is 48.5 Å². The van der Waals surface area contributed by atoms with E-state index in [0.717, 1.165) is 6.07 Å². The van der Waals surface area contributed by atoms with Crippen LogP contribution in [0, 0.1) is 5.82 Å². The molecule has 0 aliphatic rings. The second-order valence-electron chi connectivity index (χ2n) is 6.89. The van der Waals surface area contributed by atoms with Gasteiger partial charge in [-0.05, 0) is 24.3 Å². The fourth-order valence-corrected chi connectivity index (χ4v) is 5.00. The lowest BCUT2D eigenvalue weighted by Crippen LogP contribution is -2.14. The topological polar surface area (TPSA) is 142 Å². The number of benzene rings is 2. The van der Waals surface area contributed by atoms with E-state index in [-0.39, 0.29) is 49.9 Å². The molecule has 4 aromatic rings. The van der Waals surface area contributed by atoms with E-state index in [1.54, 1.807) is 0 Å². The van der Waals surface area contributed by atoms with Crippen molar-refractivity contribution in [3.05, 3.63) is 58.6 Å². The minimum Gasteiger partial charge on any atom is -0.468 e. The number of nitrogens with zero attached hydrogens (tertiary/aromatic N) is 4. The Bertz CT molecular complexity index is 1540. The molecule has 14 heteroatoms. The van der Waals surface area contributed by atoms with Gasteiger partial charge in [0.15, 0.2) is 5.65 Å². The van der Waals surface area contributed by atoms with Crippen LogP contribution in [0.5, 0.6) is 0 Å². The van der Waals surface area contributed by atoms with Crippen LogP contribution in [0.4, 0.5) is 15.9 Å². The number of methoxy groups -OCH3 is 1. The van der Waals surface area contributed by atoms with Gasteiger partial charge in [0.2, 0.25) is 0 Å². The van der Waals surface area contributed by atoms with E-state index in [4.69, 9.17) is 28.9 Å². The molecule has 176 valence electrons. The summed E-state index contributed by atoms with van der Waals surface area (Å²) in [6.07, 6.45) is 1.20. The molecule has 0 saturated carbocycles. The summed E-state index contributed by atoms with van der Waals surface area (Å²) in [7, 11) is -3.01. The maximum atomic E-state index is 15.0. The summed E-state index contributed by atoms with van der Waals surface area (Å²) in [6, 6.07) is 7.78. The number of anilines is 2. The summed E-state index contributed by atoms with van der Waals surface area (Å²) < 4.78 is 48.5. The molecule has 0 aliphatic heterocycles. The quantitative estimate of drug-likeness (QED) is 0.365. The van der Waals surface area contributed by atoms with E-state index in [0.29, 0.717) is 5.39 Å². The van der Waals surface area contributed by atoms with Crippen LogP contribution in [0.2, 0.25) is 10.0 Å². The predicted molar refractivity (Wildman–Crippen MR) is 124 cm³/mol. The average Bonchev–Trinajstić information content (AvgIpc) is 3.16. The number of hydrogen-bond donors (Lipinski definition) is 2. The fraction of sp³-hybridized carbons (Fsp3) is 0.100. The molecule has 0 saturated heterocycles. The summed E-state index contributed by atoms with van der Waals surface area (Å²) in [6.45, 7) is -0.260. The van der Waals surface area contributed by atoms with Gasteiger partial charge in [0, 0.05) is 5.56 Å². The molecule has 0 amide bonds. The smallest absolute Gasteiger partial charge is 0.327 e. The van der Waals surface area contributed by atoms with Crippen LogP contribution in [0.3, 0.4) is 0 Å². The maximum absolute atomic E-state index is 15.0. The molecule has 0 bridgehead atoms. The Kier molecular flexibility index (Phi) is 6.30. The Morgan fingerprint density at radius 1 is 1.24 bits per heavy atom. The number of ether oxygens (including phenoxy) is 1. The van der Waals surface area contributed by atoms with Crippen molar-refractivity contribution < 1.29 is 22.3 Å². The Labute approximate surface area is 202 Å². The van der Waals surface area contributed by atoms with E-state index in [1.807, 2.05) is 0 Å². The monoisotopic (exact) mass is 524 g/mol. The van der Waals surface area contributed by atoms with E-state index >= 15 is 0 Å². The molecule has 4 rings (SSSR count). The van der Waals surface area contributed by atoms with Crippen molar-refractivity contribution >= 4 is 61.7 Å². The number of halogens is 3. The molecule has 0 unspecified atom stereocenters. The number of fused-ring (bicyclic) bond motifs is 1. The molecule has 10 nitrogen and oxygen atoms in total. The molecule has 3 N–H and O–H groups in total. The van der Waals surface area contributed by atoms with E-state index < -0.39 is 21.8 Å². The molecule has 0 fully saturated rings. The van der Waals surface area contributed by atoms with Gasteiger partial charge in [0.05, 0.1) is 28.2 Å². The SMILES string of the molecule is COC(=O)Cn1nc(-c2ccc(NS(=O)(=O)c3cccc(Cl)c3Cl)c(F)c2)c2c(N)ncnc21. The normalized spacial score (nSPS) is 11.5. The van der Waals surface area contributed by atoms with Gasteiger partial charge in [-0.25, -0.2) is 27.5 Å². The molecule has 0 spiro atoms. The summed E-state index contributed by atoms with van der Waals surface area (Å²) in [5.41, 5.74) is 6.34. The van der Waals surface area contributed by atoms with E-state index in [2.05, 4.69) is 24.5 Å². The second-order valence-corrected chi connectivity index (χ2v) is 9.33. The number of sulfonamides is 1. The first-order valence-electron chi connectivity index (χ1n) is 9.43. The van der Waals surface area contributed by atoms with Gasteiger partial charge in [-0.2, -0.15) is 5.10 Å². The highest BCUT2D eigenvalue weighted by Gasteiger charge is 2.23. The van der Waals surface area contributed by atoms with Crippen molar-refractivity contribution in [1.82, 2.24) is 19.7 Å². The highest BCUT2D eigenvalue weighted by atomic mass is 35.5. The zero-order chi connectivity index (χ0) is 24.6. The Morgan fingerprint density at radius 3 is 2.71 bits per heavy atom. The Balaban J connectivity index is 1.74. The highest BCUT2D eigenvalue weighted by molar-refractivity contribution is 7.92. The van der Waals surface area contributed by atoms with Crippen LogP contribution in [-0.4, -0.2) is 41.2 Å². The number of carbonyl (C=O) groups is 1. The first kappa shape index (κ1) is 23.7. The molecular formula is C20H15Cl2FN6O4S. The molecule has 34 heavy (non-hydrogen) atoms. The van der Waals surface area contributed by atoms with Crippen molar-refractivity contribution in [3.8, 4) is 11.3 Å². The summed E-state index contributed by atoms with van der Waals surface area (Å²) >= 11 is 11.9. The standard InChI is InChI=1S/C20H15Cl2FN6O4S/c1-33-15(30)8-29-20-16(19(24)25-9-26-20)18(27-29)10-5-6-13(12(23)7-10)28-34(31,32)14-4-2-3-11(21)17(14)22/h2-7,9,28H,8H2,1H3,(H2,24,25,26). The minimum atomic E-state index is -4.24. The first-order valence-corrected chi connectivity index (χ1v) is 11.7. The van der Waals surface area contributed by atoms with Crippen LogP contribution in [0.25, 0.3) is 22.3 Å². The van der Waals surface area contributed by atoms with Gasteiger partial charge in [-0.15, -0.1) is 0 Å². The largest absolute Gasteiger partial charge is 0.468 e. The highest BCUT2D eigenvalue weighted by Crippen LogP contribution is 2.34. The Hall–Kier alpha value is -3.48. The average molecular weight is 525 g/mol. The number of hydrogen-bond acceptors (Lipinski definition) is 8. The summed E-state index contributed by atoms with van der Waals surface area (Å²) in [4.78, 5) is 19.5. The minimum absolute atomic E-state index is 0.0367. The lowest BCUT2D eigenvalue weighted by Gasteiger charge is -2.11. The second kappa shape index (κ2) is 9.05. The van der Waals surface area contributed by atoms with Crippen molar-refractivity contribution in [2.75, 3.05) is 17.6 Å². The summed E-state index contributed by atoms with van der Waals surface area (Å²) in [5, 5.41) is 4.46. The lowest BCUT2D eigenvalue weighted by atomic mass is 10.1. The molecule has 0 atom stereocenters. The van der Waals surface area contributed by atoms with Crippen LogP contribution < -0.4 is 10.5 Å².